The van der Waals surface area contributed by atoms with Gasteiger partial charge >= 0.3 is 0 Å². The second-order valence-electron chi connectivity index (χ2n) is 9.22. The highest BCUT2D eigenvalue weighted by atomic mass is 35.5. The lowest BCUT2D eigenvalue weighted by Crippen LogP contribution is -2.49. The second-order valence-corrected chi connectivity index (χ2v) is 11.9. The minimum Gasteiger partial charge on any atom is -0.354 e. The van der Waals surface area contributed by atoms with Gasteiger partial charge in [0.1, 0.15) is 11.9 Å². The Morgan fingerprint density at radius 2 is 1.76 bits per heavy atom. The van der Waals surface area contributed by atoms with Gasteiger partial charge in [-0.05, 0) is 48.6 Å². The van der Waals surface area contributed by atoms with Gasteiger partial charge in [0.05, 0.1) is 22.0 Å². The molecule has 0 spiro atoms. The van der Waals surface area contributed by atoms with Crippen molar-refractivity contribution in [2.75, 3.05) is 23.7 Å². The van der Waals surface area contributed by atoms with Crippen LogP contribution in [-0.4, -0.2) is 50.5 Å². The third-order valence-corrected chi connectivity index (χ3v) is 7.60. The molecule has 1 atom stereocenters. The van der Waals surface area contributed by atoms with Gasteiger partial charge in [0, 0.05) is 26.1 Å². The van der Waals surface area contributed by atoms with E-state index in [0.29, 0.717) is 28.6 Å². The van der Waals surface area contributed by atoms with E-state index in [-0.39, 0.29) is 49.4 Å². The lowest BCUT2D eigenvalue weighted by atomic mass is 10.1. The van der Waals surface area contributed by atoms with Gasteiger partial charge < -0.3 is 10.2 Å². The molecule has 0 radical (unpaired) electrons. The molecule has 1 unspecified atom stereocenters. The average Bonchev–Trinajstić information content (AvgIpc) is 2.82. The number of hydrogen-bond acceptors (Lipinski definition) is 4. The number of para-hydroxylation sites is 1. The number of sulfonamides is 1. The van der Waals surface area contributed by atoms with Crippen LogP contribution in [0.5, 0.6) is 0 Å². The van der Waals surface area contributed by atoms with Crippen LogP contribution < -0.4 is 9.62 Å². The first kappa shape index (κ1) is 30.9. The second kappa shape index (κ2) is 14.0. The topological polar surface area (TPSA) is 86.8 Å². The van der Waals surface area contributed by atoms with Gasteiger partial charge in [0.2, 0.25) is 21.8 Å². The van der Waals surface area contributed by atoms with Crippen molar-refractivity contribution in [3.8, 4) is 0 Å². The van der Waals surface area contributed by atoms with Crippen LogP contribution in [0.2, 0.25) is 10.0 Å². The number of carbonyl (C=O) groups excluding carboxylic acids is 2. The first-order chi connectivity index (χ1) is 17.3. The zero-order valence-corrected chi connectivity index (χ0v) is 23.8. The van der Waals surface area contributed by atoms with Gasteiger partial charge in [-0.1, -0.05) is 62.2 Å². The molecule has 0 bridgehead atoms. The maximum atomic E-state index is 14.3. The molecule has 11 heteroatoms. The van der Waals surface area contributed by atoms with Gasteiger partial charge in [-0.3, -0.25) is 13.9 Å². The van der Waals surface area contributed by atoms with E-state index in [1.165, 1.54) is 23.1 Å². The molecule has 0 aliphatic carbocycles. The fourth-order valence-corrected chi connectivity index (χ4v) is 5.10. The molecule has 0 fully saturated rings. The lowest BCUT2D eigenvalue weighted by Gasteiger charge is -2.31. The molecule has 0 aliphatic rings. The van der Waals surface area contributed by atoms with Crippen molar-refractivity contribution in [1.29, 1.82) is 0 Å². The van der Waals surface area contributed by atoms with Crippen molar-refractivity contribution in [2.24, 2.45) is 5.92 Å². The van der Waals surface area contributed by atoms with Crippen LogP contribution in [0.15, 0.2) is 42.5 Å². The summed E-state index contributed by atoms with van der Waals surface area (Å²) in [5.41, 5.74) is 0.617. The minimum absolute atomic E-state index is 0.0459. The molecular weight excluding hydrogens is 540 g/mol. The van der Waals surface area contributed by atoms with Gasteiger partial charge in [0.15, 0.2) is 0 Å². The van der Waals surface area contributed by atoms with Crippen LogP contribution in [0.4, 0.5) is 10.1 Å². The molecule has 2 aromatic rings. The molecule has 0 saturated carbocycles. The van der Waals surface area contributed by atoms with E-state index >= 15 is 0 Å². The molecule has 204 valence electrons. The number of nitrogens with one attached hydrogen (secondary N) is 1. The molecule has 7 nitrogen and oxygen atoms in total. The third kappa shape index (κ3) is 9.16. The average molecular weight is 575 g/mol. The molecule has 2 rings (SSSR count). The summed E-state index contributed by atoms with van der Waals surface area (Å²) in [6, 6.07) is 9.84. The maximum Gasteiger partial charge on any atom is 0.242 e. The number of carbonyl (C=O) groups is 2. The van der Waals surface area contributed by atoms with E-state index in [2.05, 4.69) is 5.32 Å². The monoisotopic (exact) mass is 573 g/mol. The summed E-state index contributed by atoms with van der Waals surface area (Å²) in [4.78, 5) is 27.9. The number of anilines is 1. The van der Waals surface area contributed by atoms with Crippen LogP contribution in [0.25, 0.3) is 0 Å². The normalized spacial score (nSPS) is 12.3. The highest BCUT2D eigenvalue weighted by Crippen LogP contribution is 2.25. The highest BCUT2D eigenvalue weighted by molar-refractivity contribution is 7.92. The van der Waals surface area contributed by atoms with Crippen molar-refractivity contribution < 1.29 is 22.4 Å². The van der Waals surface area contributed by atoms with Crippen LogP contribution in [-0.2, 0) is 26.2 Å². The summed E-state index contributed by atoms with van der Waals surface area (Å²) in [6.45, 7) is 6.26. The predicted octanol–water partition coefficient (Wildman–Crippen LogP) is 5.26. The van der Waals surface area contributed by atoms with Crippen molar-refractivity contribution in [3.05, 3.63) is 63.9 Å². The summed E-state index contributed by atoms with van der Waals surface area (Å²) < 4.78 is 40.0. The zero-order valence-electron chi connectivity index (χ0n) is 21.5. The van der Waals surface area contributed by atoms with Gasteiger partial charge in [0.25, 0.3) is 0 Å². The Bertz CT molecular complexity index is 1190. The Balaban J connectivity index is 2.25. The predicted molar refractivity (Wildman–Crippen MR) is 147 cm³/mol. The number of benzene rings is 2. The molecule has 0 aromatic heterocycles. The Hall–Kier alpha value is -2.36. The summed E-state index contributed by atoms with van der Waals surface area (Å²) in [5, 5.41) is 3.59. The number of halogens is 3. The standard InChI is InChI=1S/C26H34Cl2FN3O4S/c1-5-23(26(34)30-16-18(2)3)31(17-19-12-13-20(27)21(28)15-19)25(33)11-8-14-32(37(4,35)36)24-10-7-6-9-22(24)29/h6-7,9-10,12-13,15,18,23H,5,8,11,14,16-17H2,1-4H3,(H,30,34). The quantitative estimate of drug-likeness (QED) is 0.354. The zero-order chi connectivity index (χ0) is 27.8. The first-order valence-corrected chi connectivity index (χ1v) is 14.7. The maximum absolute atomic E-state index is 14.3. The largest absolute Gasteiger partial charge is 0.354 e. The van der Waals surface area contributed by atoms with E-state index in [0.717, 1.165) is 10.6 Å². The number of nitrogens with zero attached hydrogens (tertiary/aromatic N) is 2. The van der Waals surface area contributed by atoms with Crippen molar-refractivity contribution in [3.63, 3.8) is 0 Å². The van der Waals surface area contributed by atoms with Crippen LogP contribution in [0.3, 0.4) is 0 Å². The number of hydrogen-bond donors (Lipinski definition) is 1. The summed E-state index contributed by atoms with van der Waals surface area (Å²) in [6.07, 6.45) is 1.45. The van der Waals surface area contributed by atoms with Crippen molar-refractivity contribution >= 4 is 50.7 Å². The van der Waals surface area contributed by atoms with E-state index < -0.39 is 21.9 Å². The van der Waals surface area contributed by atoms with Crippen LogP contribution in [0.1, 0.15) is 45.6 Å². The first-order valence-electron chi connectivity index (χ1n) is 12.1. The highest BCUT2D eigenvalue weighted by Gasteiger charge is 2.29. The van der Waals surface area contributed by atoms with E-state index in [1.54, 1.807) is 24.3 Å². The van der Waals surface area contributed by atoms with E-state index in [4.69, 9.17) is 23.2 Å². The Morgan fingerprint density at radius 3 is 2.32 bits per heavy atom. The summed E-state index contributed by atoms with van der Waals surface area (Å²) in [5.74, 6) is -1.04. The SMILES string of the molecule is CCC(C(=O)NCC(C)C)N(Cc1ccc(Cl)c(Cl)c1)C(=O)CCCN(c1ccccc1F)S(C)(=O)=O. The number of rotatable bonds is 13. The van der Waals surface area contributed by atoms with Crippen LogP contribution >= 0.6 is 23.2 Å². The number of amides is 2. The Labute approximate surface area is 229 Å². The fourth-order valence-electron chi connectivity index (χ4n) is 3.81. The lowest BCUT2D eigenvalue weighted by molar-refractivity contribution is -0.141. The Morgan fingerprint density at radius 1 is 1.08 bits per heavy atom. The smallest absolute Gasteiger partial charge is 0.242 e. The van der Waals surface area contributed by atoms with Crippen molar-refractivity contribution in [2.45, 2.75) is 52.6 Å². The minimum atomic E-state index is -3.79. The summed E-state index contributed by atoms with van der Waals surface area (Å²) >= 11 is 12.2. The summed E-state index contributed by atoms with van der Waals surface area (Å²) in [7, 11) is -3.79. The van der Waals surface area contributed by atoms with E-state index in [9.17, 15) is 22.4 Å². The van der Waals surface area contributed by atoms with Gasteiger partial charge in [-0.2, -0.15) is 0 Å². The molecule has 0 heterocycles. The fraction of sp³-hybridized carbons (Fsp3) is 0.462. The van der Waals surface area contributed by atoms with Gasteiger partial charge in [-0.25, -0.2) is 12.8 Å². The molecule has 2 amide bonds. The molecule has 37 heavy (non-hydrogen) atoms. The van der Waals surface area contributed by atoms with Crippen LogP contribution in [0, 0.1) is 11.7 Å². The Kier molecular flexibility index (Phi) is 11.7. The van der Waals surface area contributed by atoms with Gasteiger partial charge in [-0.15, -0.1) is 0 Å². The molecular formula is C26H34Cl2FN3O4S. The molecule has 0 saturated heterocycles. The molecule has 2 aromatic carbocycles. The molecule has 0 aliphatic heterocycles. The van der Waals surface area contributed by atoms with E-state index in [1.807, 2.05) is 20.8 Å². The van der Waals surface area contributed by atoms with Crippen molar-refractivity contribution in [1.82, 2.24) is 10.2 Å². The third-order valence-electron chi connectivity index (χ3n) is 5.68. The molecule has 1 N–H and O–H groups in total.